The van der Waals surface area contributed by atoms with Gasteiger partial charge in [-0.2, -0.15) is 5.26 Å². The van der Waals surface area contributed by atoms with Crippen LogP contribution in [0.5, 0.6) is 0 Å². The molecule has 0 fully saturated rings. The van der Waals surface area contributed by atoms with E-state index in [2.05, 4.69) is 4.99 Å². The van der Waals surface area contributed by atoms with E-state index in [0.717, 1.165) is 0 Å². The number of hydrogen-bond acceptors (Lipinski definition) is 3. The Labute approximate surface area is 59.4 Å². The number of nitrogens with zero attached hydrogens (tertiary/aromatic N) is 1. The average molecular weight is 145 g/mol. The fraction of sp³-hybridized carbons (Fsp3) is 0.667. The lowest BCUT2D eigenvalue weighted by molar-refractivity contribution is -1.11. The highest BCUT2D eigenvalue weighted by molar-refractivity contribution is 4.92. The van der Waals surface area contributed by atoms with E-state index in [1.165, 1.54) is 6.20 Å². The van der Waals surface area contributed by atoms with Crippen molar-refractivity contribution in [1.82, 2.24) is 0 Å². The summed E-state index contributed by atoms with van der Waals surface area (Å²) >= 11 is 0. The molecule has 0 aromatic carbocycles. The lowest BCUT2D eigenvalue weighted by Crippen LogP contribution is -2.49. The topological polar surface area (TPSA) is 52.5 Å². The van der Waals surface area contributed by atoms with E-state index in [-0.39, 0.29) is 0 Å². The number of rotatable bonds is 1. The predicted molar refractivity (Wildman–Crippen MR) is 35.2 cm³/mol. The maximum absolute atomic E-state index is 11.3. The molecular weight excluding hydrogens is 134 g/mol. The van der Waals surface area contributed by atoms with Gasteiger partial charge in [-0.05, 0) is 24.9 Å². The van der Waals surface area contributed by atoms with Crippen molar-refractivity contribution in [3.8, 4) is 0 Å². The van der Waals surface area contributed by atoms with E-state index < -0.39 is 10.3 Å². The van der Waals surface area contributed by atoms with Gasteiger partial charge in [-0.25, -0.2) is 0 Å². The minimum Gasteiger partial charge on any atom is -0.591 e. The van der Waals surface area contributed by atoms with E-state index in [4.69, 9.17) is 5.26 Å². The van der Waals surface area contributed by atoms with Gasteiger partial charge in [-0.3, -0.25) is 0 Å². The van der Waals surface area contributed by atoms with Gasteiger partial charge >= 0.3 is 0 Å². The van der Waals surface area contributed by atoms with Crippen molar-refractivity contribution >= 4 is 0 Å². The standard InChI is InChI=1S/C6H11NO3/c1-6(2)4-3-5-7(6,8)10-9/h3,5,9H,4H2,1-2H3. The van der Waals surface area contributed by atoms with E-state index in [9.17, 15) is 5.21 Å². The summed E-state index contributed by atoms with van der Waals surface area (Å²) < 4.78 is 0. The molecule has 0 saturated heterocycles. The summed E-state index contributed by atoms with van der Waals surface area (Å²) in [6.45, 7) is 3.46. The van der Waals surface area contributed by atoms with Crippen LogP contribution in [0.25, 0.3) is 0 Å². The van der Waals surface area contributed by atoms with Gasteiger partial charge in [0.2, 0.25) is 0 Å². The molecule has 1 unspecified atom stereocenters. The van der Waals surface area contributed by atoms with Gasteiger partial charge < -0.3 is 5.21 Å². The summed E-state index contributed by atoms with van der Waals surface area (Å²) in [7, 11) is 0. The maximum Gasteiger partial charge on any atom is 0.134 e. The Bertz CT molecular complexity index is 166. The molecule has 1 aliphatic rings. The molecule has 0 bridgehead atoms. The highest BCUT2D eigenvalue weighted by Crippen LogP contribution is 2.33. The first-order valence-electron chi connectivity index (χ1n) is 3.12. The fourth-order valence-corrected chi connectivity index (χ4v) is 0.947. The smallest absolute Gasteiger partial charge is 0.134 e. The molecular formula is C6H11NO3. The first kappa shape index (κ1) is 7.68. The summed E-state index contributed by atoms with van der Waals surface area (Å²) in [5, 5.41) is 19.6. The first-order chi connectivity index (χ1) is 4.52. The van der Waals surface area contributed by atoms with Crippen LogP contribution in [-0.4, -0.2) is 15.6 Å². The maximum atomic E-state index is 11.3. The molecule has 4 heteroatoms. The number of hydrogen-bond donors (Lipinski definition) is 1. The number of hydroxylamine groups is 4. The van der Waals surface area contributed by atoms with Gasteiger partial charge in [0.15, 0.2) is 0 Å². The van der Waals surface area contributed by atoms with Crippen molar-refractivity contribution in [2.24, 2.45) is 0 Å². The van der Waals surface area contributed by atoms with Gasteiger partial charge in [0, 0.05) is 6.42 Å². The Morgan fingerprint density at radius 2 is 2.30 bits per heavy atom. The highest BCUT2D eigenvalue weighted by Gasteiger charge is 2.41. The summed E-state index contributed by atoms with van der Waals surface area (Å²) in [5.74, 6) is 0. The van der Waals surface area contributed by atoms with Crippen LogP contribution in [0.1, 0.15) is 20.3 Å². The van der Waals surface area contributed by atoms with Gasteiger partial charge in [-0.1, -0.05) is 0 Å². The normalized spacial score (nSPS) is 36.8. The van der Waals surface area contributed by atoms with Crippen molar-refractivity contribution in [2.45, 2.75) is 25.8 Å². The molecule has 1 rings (SSSR count). The molecule has 0 saturated carbocycles. The third-order valence-electron chi connectivity index (χ3n) is 1.88. The van der Waals surface area contributed by atoms with Crippen LogP contribution < -0.4 is 0 Å². The Morgan fingerprint density at radius 1 is 1.70 bits per heavy atom. The van der Waals surface area contributed by atoms with Crippen LogP contribution >= 0.6 is 0 Å². The Morgan fingerprint density at radius 3 is 2.50 bits per heavy atom. The third-order valence-corrected chi connectivity index (χ3v) is 1.88. The fourth-order valence-electron chi connectivity index (χ4n) is 0.947. The van der Waals surface area contributed by atoms with E-state index in [1.54, 1.807) is 19.9 Å². The van der Waals surface area contributed by atoms with Crippen LogP contribution in [0.3, 0.4) is 0 Å². The van der Waals surface area contributed by atoms with Crippen LogP contribution in [0.15, 0.2) is 12.3 Å². The minimum atomic E-state index is -1.10. The second-order valence-electron chi connectivity index (χ2n) is 3.08. The number of quaternary nitrogens is 1. The van der Waals surface area contributed by atoms with Crippen molar-refractivity contribution in [3.05, 3.63) is 17.5 Å². The molecule has 1 N–H and O–H groups in total. The SMILES string of the molecule is CC1(C)CC=C[N+]1([O-])OO. The van der Waals surface area contributed by atoms with Crippen LogP contribution in [0.2, 0.25) is 0 Å². The third kappa shape index (κ3) is 0.856. The van der Waals surface area contributed by atoms with Gasteiger partial charge in [0.25, 0.3) is 0 Å². The summed E-state index contributed by atoms with van der Waals surface area (Å²) in [4.78, 5) is 2.70. The molecule has 58 valence electrons. The van der Waals surface area contributed by atoms with E-state index in [0.29, 0.717) is 6.42 Å². The summed E-state index contributed by atoms with van der Waals surface area (Å²) in [6.07, 6.45) is 3.61. The molecule has 4 nitrogen and oxygen atoms in total. The zero-order chi connectivity index (χ0) is 7.83. The van der Waals surface area contributed by atoms with Gasteiger partial charge in [-0.15, -0.1) is 4.81 Å². The lowest BCUT2D eigenvalue weighted by atomic mass is 10.0. The quantitative estimate of drug-likeness (QED) is 0.262. The molecule has 1 atom stereocenters. The zero-order valence-electron chi connectivity index (χ0n) is 6.07. The van der Waals surface area contributed by atoms with Crippen LogP contribution in [0, 0.1) is 5.21 Å². The summed E-state index contributed by atoms with van der Waals surface area (Å²) in [6, 6.07) is 0. The van der Waals surface area contributed by atoms with E-state index >= 15 is 0 Å². The van der Waals surface area contributed by atoms with Gasteiger partial charge in [0.05, 0.1) is 0 Å². The van der Waals surface area contributed by atoms with Crippen molar-refractivity contribution in [1.29, 1.82) is 0 Å². The Kier molecular flexibility index (Phi) is 1.56. The van der Waals surface area contributed by atoms with Gasteiger partial charge in [0.1, 0.15) is 11.7 Å². The second kappa shape index (κ2) is 2.03. The van der Waals surface area contributed by atoms with Crippen molar-refractivity contribution in [2.75, 3.05) is 0 Å². The molecule has 0 aromatic heterocycles. The monoisotopic (exact) mass is 145 g/mol. The van der Waals surface area contributed by atoms with Crippen LogP contribution in [-0.2, 0) is 4.99 Å². The molecule has 0 aromatic rings. The van der Waals surface area contributed by atoms with Crippen LogP contribution in [0.4, 0.5) is 0 Å². The minimum absolute atomic E-state index is 0.602. The molecule has 0 amide bonds. The lowest BCUT2D eigenvalue weighted by Gasteiger charge is -2.40. The second-order valence-corrected chi connectivity index (χ2v) is 3.08. The van der Waals surface area contributed by atoms with Crippen molar-refractivity contribution in [3.63, 3.8) is 0 Å². The molecule has 0 radical (unpaired) electrons. The molecule has 0 spiro atoms. The highest BCUT2D eigenvalue weighted by atomic mass is 17.3. The molecule has 0 aliphatic carbocycles. The average Bonchev–Trinajstić information content (AvgIpc) is 2.10. The molecule has 1 aliphatic heterocycles. The molecule has 1 heterocycles. The van der Waals surface area contributed by atoms with Crippen molar-refractivity contribution < 1.29 is 15.1 Å². The summed E-state index contributed by atoms with van der Waals surface area (Å²) in [5.41, 5.74) is -0.602. The Hall–Kier alpha value is -0.420. The largest absolute Gasteiger partial charge is 0.591 e. The van der Waals surface area contributed by atoms with E-state index in [1.807, 2.05) is 0 Å². The predicted octanol–water partition coefficient (Wildman–Crippen LogP) is 1.40. The Balaban J connectivity index is 2.84. The molecule has 10 heavy (non-hydrogen) atoms. The zero-order valence-corrected chi connectivity index (χ0v) is 6.07. The first-order valence-corrected chi connectivity index (χ1v) is 3.12.